The molecule has 0 aromatic heterocycles. The van der Waals surface area contributed by atoms with Gasteiger partial charge < -0.3 is 33.8 Å². The molecule has 522 valence electrons. The Morgan fingerprint density at radius 3 is 0.773 bits per heavy atom. The second-order valence-corrected chi connectivity index (χ2v) is 28.3. The zero-order chi connectivity index (χ0) is 64.9. The number of ether oxygens (including phenoxy) is 4. The van der Waals surface area contributed by atoms with Crippen molar-refractivity contribution in [3.05, 3.63) is 0 Å². The first kappa shape index (κ1) is 86.1. The smallest absolute Gasteiger partial charge is 0.462 e. The van der Waals surface area contributed by atoms with E-state index < -0.39 is 97.5 Å². The van der Waals surface area contributed by atoms with Crippen LogP contribution in [0.1, 0.15) is 356 Å². The Balaban J connectivity index is 5.20. The molecule has 0 aromatic carbocycles. The summed E-state index contributed by atoms with van der Waals surface area (Å²) in [6.45, 7) is 7.21. The van der Waals surface area contributed by atoms with Gasteiger partial charge in [0.25, 0.3) is 0 Å². The molecule has 0 amide bonds. The van der Waals surface area contributed by atoms with Crippen LogP contribution in [-0.2, 0) is 65.4 Å². The van der Waals surface area contributed by atoms with Crippen molar-refractivity contribution < 1.29 is 80.2 Å². The maximum atomic E-state index is 13.0. The third-order valence-corrected chi connectivity index (χ3v) is 17.9. The molecular weight excluding hydrogens is 1160 g/mol. The quantitative estimate of drug-likeness (QED) is 0.0222. The van der Waals surface area contributed by atoms with Crippen LogP contribution in [0, 0.1) is 5.92 Å². The van der Waals surface area contributed by atoms with Crippen molar-refractivity contribution in [3.63, 3.8) is 0 Å². The molecule has 2 unspecified atom stereocenters. The lowest BCUT2D eigenvalue weighted by atomic mass is 10.0. The molecule has 0 heterocycles. The third-order valence-electron chi connectivity index (χ3n) is 16.0. The summed E-state index contributed by atoms with van der Waals surface area (Å²) in [5, 5.41) is 10.6. The fourth-order valence-electron chi connectivity index (χ4n) is 10.5. The minimum Gasteiger partial charge on any atom is -0.462 e. The number of phosphoric acid groups is 2. The lowest BCUT2D eigenvalue weighted by Gasteiger charge is -2.21. The van der Waals surface area contributed by atoms with E-state index in [0.29, 0.717) is 25.7 Å². The van der Waals surface area contributed by atoms with Gasteiger partial charge in [0.2, 0.25) is 0 Å². The topological polar surface area (TPSA) is 237 Å². The van der Waals surface area contributed by atoms with E-state index in [4.69, 9.17) is 37.0 Å². The molecule has 0 saturated heterocycles. The van der Waals surface area contributed by atoms with Gasteiger partial charge in [0, 0.05) is 25.7 Å². The second kappa shape index (κ2) is 62.5. The molecule has 88 heavy (non-hydrogen) atoms. The molecule has 5 atom stereocenters. The molecule has 0 aliphatic rings. The fourth-order valence-corrected chi connectivity index (χ4v) is 12.0. The number of phosphoric ester groups is 2. The van der Waals surface area contributed by atoms with E-state index in [2.05, 4.69) is 34.6 Å². The summed E-state index contributed by atoms with van der Waals surface area (Å²) in [6.07, 6.45) is 48.6. The van der Waals surface area contributed by atoms with E-state index in [0.717, 1.165) is 109 Å². The van der Waals surface area contributed by atoms with Crippen LogP contribution < -0.4 is 0 Å². The summed E-state index contributed by atoms with van der Waals surface area (Å²) in [6, 6.07) is 0. The van der Waals surface area contributed by atoms with Crippen LogP contribution in [0.4, 0.5) is 0 Å². The van der Waals surface area contributed by atoms with Gasteiger partial charge in [-0.25, -0.2) is 9.13 Å². The Bertz CT molecular complexity index is 1700. The lowest BCUT2D eigenvalue weighted by molar-refractivity contribution is -0.161. The number of rotatable bonds is 69. The first-order chi connectivity index (χ1) is 42.5. The van der Waals surface area contributed by atoms with E-state index in [1.165, 1.54) is 167 Å². The summed E-state index contributed by atoms with van der Waals surface area (Å²) < 4.78 is 68.1. The predicted molar refractivity (Wildman–Crippen MR) is 354 cm³/mol. The summed E-state index contributed by atoms with van der Waals surface area (Å²) in [7, 11) is -9.89. The van der Waals surface area contributed by atoms with E-state index in [-0.39, 0.29) is 25.7 Å². The first-order valence-corrected chi connectivity index (χ1v) is 39.1. The van der Waals surface area contributed by atoms with Crippen LogP contribution in [0.3, 0.4) is 0 Å². The van der Waals surface area contributed by atoms with Gasteiger partial charge in [0.05, 0.1) is 26.4 Å². The summed E-state index contributed by atoms with van der Waals surface area (Å²) in [5.74, 6) is -1.35. The number of hydrogen-bond donors (Lipinski definition) is 3. The molecule has 0 radical (unpaired) electrons. The summed E-state index contributed by atoms with van der Waals surface area (Å²) >= 11 is 0. The number of unbranched alkanes of at least 4 members (excludes halogenated alkanes) is 41. The summed E-state index contributed by atoms with van der Waals surface area (Å²) in [4.78, 5) is 72.4. The molecule has 0 aliphatic heterocycles. The van der Waals surface area contributed by atoms with Gasteiger partial charge in [0.15, 0.2) is 12.2 Å². The monoisotopic (exact) mass is 1300 g/mol. The number of hydrogen-bond acceptors (Lipinski definition) is 15. The molecule has 0 saturated carbocycles. The van der Waals surface area contributed by atoms with Crippen LogP contribution in [0.2, 0.25) is 0 Å². The van der Waals surface area contributed by atoms with Gasteiger partial charge in [-0.15, -0.1) is 0 Å². The molecule has 0 spiro atoms. The highest BCUT2D eigenvalue weighted by atomic mass is 31.2. The van der Waals surface area contributed by atoms with Crippen LogP contribution in [0.5, 0.6) is 0 Å². The average Bonchev–Trinajstić information content (AvgIpc) is 3.60. The molecule has 0 aromatic rings. The maximum absolute atomic E-state index is 13.0. The second-order valence-electron chi connectivity index (χ2n) is 25.4. The average molecular weight is 1300 g/mol. The van der Waals surface area contributed by atoms with Crippen molar-refractivity contribution in [1.29, 1.82) is 0 Å². The van der Waals surface area contributed by atoms with Crippen molar-refractivity contribution in [2.24, 2.45) is 5.92 Å². The molecule has 17 nitrogen and oxygen atoms in total. The van der Waals surface area contributed by atoms with Gasteiger partial charge in [0.1, 0.15) is 19.3 Å². The first-order valence-electron chi connectivity index (χ1n) is 36.1. The molecule has 19 heteroatoms. The van der Waals surface area contributed by atoms with Gasteiger partial charge in [-0.1, -0.05) is 304 Å². The van der Waals surface area contributed by atoms with Crippen LogP contribution in [0.25, 0.3) is 0 Å². The van der Waals surface area contributed by atoms with Crippen LogP contribution in [0.15, 0.2) is 0 Å². The van der Waals surface area contributed by atoms with Crippen LogP contribution >= 0.6 is 15.6 Å². The number of carbonyl (C=O) groups excluding carboxylic acids is 4. The van der Waals surface area contributed by atoms with E-state index in [1.54, 1.807) is 0 Å². The Morgan fingerprint density at radius 1 is 0.307 bits per heavy atom. The van der Waals surface area contributed by atoms with E-state index >= 15 is 0 Å². The van der Waals surface area contributed by atoms with Crippen molar-refractivity contribution in [2.75, 3.05) is 39.6 Å². The normalized spacial score (nSPS) is 14.1. The van der Waals surface area contributed by atoms with Crippen molar-refractivity contribution in [3.8, 4) is 0 Å². The zero-order valence-electron chi connectivity index (χ0n) is 56.9. The standard InChI is InChI=1S/C69H134O17P2/c1-6-9-12-15-18-20-22-23-24-25-30-33-38-43-48-53-67(72)80-59-65(86-69(74)55-50-45-40-35-31-27-26-29-32-37-41-46-51-62(4)5)61-84-88(77,78)82-57-63(70)56-81-87(75,76)83-60-64(58-79-66(71)52-47-42-36-17-14-11-8-3)85-68(73)54-49-44-39-34-28-21-19-16-13-10-7-2/h62-65,70H,6-61H2,1-5H3,(H,75,76)(H,77,78)/t63-,64+,65+/m0/s1. The Morgan fingerprint density at radius 2 is 0.523 bits per heavy atom. The highest BCUT2D eigenvalue weighted by Gasteiger charge is 2.30. The molecular formula is C69H134O17P2. The minimum atomic E-state index is -4.95. The maximum Gasteiger partial charge on any atom is 0.472 e. The third kappa shape index (κ3) is 62.8. The van der Waals surface area contributed by atoms with Crippen molar-refractivity contribution in [1.82, 2.24) is 0 Å². The number of carbonyl (C=O) groups is 4. The highest BCUT2D eigenvalue weighted by molar-refractivity contribution is 7.47. The molecule has 3 N–H and O–H groups in total. The van der Waals surface area contributed by atoms with Gasteiger partial charge in [-0.2, -0.15) is 0 Å². The Hall–Kier alpha value is -1.94. The fraction of sp³-hybridized carbons (Fsp3) is 0.942. The Kier molecular flexibility index (Phi) is 61.1. The SMILES string of the molecule is CCCCCCCCCCCCCCCCCC(=O)OC[C@H](COP(=O)(O)OC[C@@H](O)COP(=O)(O)OC[C@@H](COC(=O)CCCCCCCCC)OC(=O)CCCCCCCCCCCCC)OC(=O)CCCCCCCCCCCCCCC(C)C. The predicted octanol–water partition coefficient (Wildman–Crippen LogP) is 19.7. The number of aliphatic hydroxyl groups excluding tert-OH is 1. The number of aliphatic hydroxyl groups is 1. The number of esters is 4. The Labute approximate surface area is 537 Å². The van der Waals surface area contributed by atoms with E-state index in [9.17, 15) is 43.2 Å². The van der Waals surface area contributed by atoms with Crippen molar-refractivity contribution >= 4 is 39.5 Å². The van der Waals surface area contributed by atoms with E-state index in [1.807, 2.05) is 0 Å². The minimum absolute atomic E-state index is 0.107. The van der Waals surface area contributed by atoms with Gasteiger partial charge >= 0.3 is 39.5 Å². The van der Waals surface area contributed by atoms with Gasteiger partial charge in [-0.05, 0) is 31.6 Å². The molecule has 0 fully saturated rings. The largest absolute Gasteiger partial charge is 0.472 e. The van der Waals surface area contributed by atoms with Gasteiger partial charge in [-0.3, -0.25) is 37.3 Å². The molecule has 0 aliphatic carbocycles. The zero-order valence-corrected chi connectivity index (χ0v) is 58.6. The molecule has 0 bridgehead atoms. The summed E-state index contributed by atoms with van der Waals surface area (Å²) in [5.41, 5.74) is 0. The van der Waals surface area contributed by atoms with Crippen molar-refractivity contribution in [2.45, 2.75) is 374 Å². The van der Waals surface area contributed by atoms with Crippen LogP contribution in [-0.4, -0.2) is 96.7 Å². The highest BCUT2D eigenvalue weighted by Crippen LogP contribution is 2.45. The molecule has 0 rings (SSSR count). The lowest BCUT2D eigenvalue weighted by Crippen LogP contribution is -2.30.